The number of thioether (sulfide) groups is 1. The third kappa shape index (κ3) is 11.9. The fourth-order valence-corrected chi connectivity index (χ4v) is 3.64. The van der Waals surface area contributed by atoms with Crippen LogP contribution < -0.4 is 33.2 Å². The average molecular weight is 524 g/mol. The van der Waals surface area contributed by atoms with E-state index in [4.69, 9.17) is 17.2 Å². The number of carboxylic acid groups (broad SMARTS) is 1. The van der Waals surface area contributed by atoms with E-state index in [9.17, 15) is 24.3 Å². The van der Waals surface area contributed by atoms with Gasteiger partial charge in [0.15, 0.2) is 5.96 Å². The van der Waals surface area contributed by atoms with Crippen molar-refractivity contribution in [2.75, 3.05) is 18.6 Å². The van der Waals surface area contributed by atoms with E-state index < -0.39 is 47.9 Å². The Kier molecular flexibility index (Phi) is 14.0. The molecule has 200 valence electrons. The van der Waals surface area contributed by atoms with Crippen LogP contribution in [0.25, 0.3) is 0 Å². The summed E-state index contributed by atoms with van der Waals surface area (Å²) in [4.78, 5) is 53.6. The predicted octanol–water partition coefficient (Wildman–Crippen LogP) is -1.08. The maximum absolute atomic E-state index is 12.9. The summed E-state index contributed by atoms with van der Waals surface area (Å²) in [5.74, 6) is -2.38. The second-order valence-electron chi connectivity index (χ2n) is 8.22. The van der Waals surface area contributed by atoms with E-state index in [-0.39, 0.29) is 25.3 Å². The number of hydrogen-bond donors (Lipinski definition) is 7. The van der Waals surface area contributed by atoms with Gasteiger partial charge in [0, 0.05) is 13.0 Å². The Balaban J connectivity index is 2.80. The quantitative estimate of drug-likeness (QED) is 0.0795. The number of nitrogens with zero attached hydrogens (tertiary/aromatic N) is 1. The highest BCUT2D eigenvalue weighted by atomic mass is 32.2. The SMILES string of the molecule is CSCCC(N)C(=O)NC(CCCN=C(N)N)C(=O)NC(C)C(=O)NC(Cc1ccccc1)C(=O)O. The van der Waals surface area contributed by atoms with Crippen molar-refractivity contribution >= 4 is 41.4 Å². The van der Waals surface area contributed by atoms with Crippen molar-refractivity contribution in [3.8, 4) is 0 Å². The van der Waals surface area contributed by atoms with Crippen LogP contribution >= 0.6 is 11.8 Å². The summed E-state index contributed by atoms with van der Waals surface area (Å²) in [5.41, 5.74) is 17.3. The number of carbonyl (C=O) groups excluding carboxylic acids is 3. The van der Waals surface area contributed by atoms with Crippen LogP contribution in [0.15, 0.2) is 35.3 Å². The van der Waals surface area contributed by atoms with Crippen LogP contribution in [0.5, 0.6) is 0 Å². The van der Waals surface area contributed by atoms with Gasteiger partial charge in [-0.3, -0.25) is 19.4 Å². The Bertz CT molecular complexity index is 896. The van der Waals surface area contributed by atoms with Gasteiger partial charge in [-0.2, -0.15) is 11.8 Å². The number of aliphatic imine (C=N–C) groups is 1. The van der Waals surface area contributed by atoms with E-state index in [1.807, 2.05) is 6.26 Å². The van der Waals surface area contributed by atoms with Gasteiger partial charge in [-0.05, 0) is 43.8 Å². The van der Waals surface area contributed by atoms with Crippen molar-refractivity contribution < 1.29 is 24.3 Å². The maximum Gasteiger partial charge on any atom is 0.326 e. The number of carbonyl (C=O) groups is 4. The van der Waals surface area contributed by atoms with Gasteiger partial charge >= 0.3 is 5.97 Å². The van der Waals surface area contributed by atoms with Crippen molar-refractivity contribution in [3.63, 3.8) is 0 Å². The zero-order chi connectivity index (χ0) is 27.1. The summed E-state index contributed by atoms with van der Waals surface area (Å²) in [6, 6.07) is 4.85. The summed E-state index contributed by atoms with van der Waals surface area (Å²) < 4.78 is 0. The van der Waals surface area contributed by atoms with Gasteiger partial charge in [-0.25, -0.2) is 4.79 Å². The van der Waals surface area contributed by atoms with Crippen molar-refractivity contribution in [1.82, 2.24) is 16.0 Å². The molecular formula is C23H37N7O5S. The van der Waals surface area contributed by atoms with Gasteiger partial charge in [0.25, 0.3) is 0 Å². The first kappa shape index (κ1) is 30.7. The van der Waals surface area contributed by atoms with Gasteiger partial charge < -0.3 is 38.3 Å². The van der Waals surface area contributed by atoms with Gasteiger partial charge in [-0.15, -0.1) is 0 Å². The van der Waals surface area contributed by atoms with Crippen LogP contribution in [-0.4, -0.2) is 77.5 Å². The van der Waals surface area contributed by atoms with E-state index in [2.05, 4.69) is 20.9 Å². The zero-order valence-corrected chi connectivity index (χ0v) is 21.4. The molecule has 1 rings (SSSR count). The lowest BCUT2D eigenvalue weighted by Crippen LogP contribution is -2.56. The zero-order valence-electron chi connectivity index (χ0n) is 20.6. The van der Waals surface area contributed by atoms with Crippen LogP contribution in [0.3, 0.4) is 0 Å². The standard InChI is InChI=1S/C23H37N7O5S/c1-14(19(31)30-18(22(34)35)13-15-7-4-3-5-8-15)28-21(33)17(9-6-11-27-23(25)26)29-20(32)16(24)10-12-36-2/h3-5,7-8,14,16-18H,6,9-13,24H2,1-2H3,(H,28,33)(H,29,32)(H,30,31)(H,34,35)(H4,25,26,27). The normalized spacial score (nSPS) is 14.0. The number of nitrogens with two attached hydrogens (primary N) is 3. The van der Waals surface area contributed by atoms with Crippen LogP contribution in [0.4, 0.5) is 0 Å². The molecule has 0 aliphatic carbocycles. The van der Waals surface area contributed by atoms with Gasteiger partial charge in [0.2, 0.25) is 17.7 Å². The minimum atomic E-state index is -1.20. The minimum absolute atomic E-state index is 0.0833. The Morgan fingerprint density at radius 1 is 0.972 bits per heavy atom. The highest BCUT2D eigenvalue weighted by Gasteiger charge is 2.28. The Morgan fingerprint density at radius 3 is 2.19 bits per heavy atom. The number of guanidine groups is 1. The highest BCUT2D eigenvalue weighted by molar-refractivity contribution is 7.98. The second kappa shape index (κ2) is 16.4. The van der Waals surface area contributed by atoms with Crippen molar-refractivity contribution in [2.45, 2.75) is 56.8 Å². The van der Waals surface area contributed by atoms with Crippen molar-refractivity contribution in [3.05, 3.63) is 35.9 Å². The fourth-order valence-electron chi connectivity index (χ4n) is 3.15. The first-order valence-corrected chi connectivity index (χ1v) is 12.9. The first-order chi connectivity index (χ1) is 17.0. The van der Waals surface area contributed by atoms with Crippen LogP contribution in [0.2, 0.25) is 0 Å². The van der Waals surface area contributed by atoms with E-state index in [1.54, 1.807) is 42.1 Å². The summed E-state index contributed by atoms with van der Waals surface area (Å²) >= 11 is 1.55. The number of hydrogen-bond acceptors (Lipinski definition) is 7. The molecule has 0 fully saturated rings. The topological polar surface area (TPSA) is 215 Å². The Labute approximate surface area is 215 Å². The molecule has 36 heavy (non-hydrogen) atoms. The molecule has 0 aliphatic heterocycles. The summed E-state index contributed by atoms with van der Waals surface area (Å²) in [6.07, 6.45) is 3.00. The third-order valence-electron chi connectivity index (χ3n) is 5.20. The molecule has 0 heterocycles. The molecule has 0 aromatic heterocycles. The number of benzene rings is 1. The molecule has 4 unspecified atom stereocenters. The monoisotopic (exact) mass is 523 g/mol. The molecule has 3 amide bonds. The molecule has 0 aliphatic rings. The Hall–Kier alpha value is -3.32. The second-order valence-corrected chi connectivity index (χ2v) is 9.20. The lowest BCUT2D eigenvalue weighted by atomic mass is 10.1. The molecule has 13 heteroatoms. The van der Waals surface area contributed by atoms with Crippen molar-refractivity contribution in [2.24, 2.45) is 22.2 Å². The number of nitrogens with one attached hydrogen (secondary N) is 3. The van der Waals surface area contributed by atoms with E-state index >= 15 is 0 Å². The van der Waals surface area contributed by atoms with E-state index in [1.165, 1.54) is 6.92 Å². The maximum atomic E-state index is 12.9. The van der Waals surface area contributed by atoms with Crippen LogP contribution in [-0.2, 0) is 25.6 Å². The molecule has 1 aromatic carbocycles. The lowest BCUT2D eigenvalue weighted by Gasteiger charge is -2.23. The largest absolute Gasteiger partial charge is 0.480 e. The molecule has 10 N–H and O–H groups in total. The van der Waals surface area contributed by atoms with Gasteiger partial charge in [-0.1, -0.05) is 30.3 Å². The highest BCUT2D eigenvalue weighted by Crippen LogP contribution is 2.05. The molecule has 4 atom stereocenters. The van der Waals surface area contributed by atoms with Gasteiger partial charge in [0.05, 0.1) is 6.04 Å². The van der Waals surface area contributed by atoms with E-state index in [0.29, 0.717) is 18.6 Å². The molecule has 0 saturated carbocycles. The number of aliphatic carboxylic acids is 1. The number of carboxylic acids is 1. The lowest BCUT2D eigenvalue weighted by molar-refractivity contribution is -0.142. The number of amides is 3. The summed E-state index contributed by atoms with van der Waals surface area (Å²) in [7, 11) is 0. The molecule has 0 radical (unpaired) electrons. The third-order valence-corrected chi connectivity index (χ3v) is 5.84. The molecule has 0 saturated heterocycles. The Morgan fingerprint density at radius 2 is 1.61 bits per heavy atom. The van der Waals surface area contributed by atoms with Gasteiger partial charge in [0.1, 0.15) is 18.1 Å². The first-order valence-electron chi connectivity index (χ1n) is 11.5. The molecule has 0 spiro atoms. The molecule has 1 aromatic rings. The molecule has 0 bridgehead atoms. The fraction of sp³-hybridized carbons (Fsp3) is 0.522. The van der Waals surface area contributed by atoms with Crippen LogP contribution in [0.1, 0.15) is 31.7 Å². The summed E-state index contributed by atoms with van der Waals surface area (Å²) in [5, 5.41) is 17.1. The predicted molar refractivity (Wildman–Crippen MR) is 140 cm³/mol. The smallest absolute Gasteiger partial charge is 0.326 e. The minimum Gasteiger partial charge on any atom is -0.480 e. The van der Waals surface area contributed by atoms with Crippen molar-refractivity contribution in [1.29, 1.82) is 0 Å². The molecular weight excluding hydrogens is 486 g/mol. The van der Waals surface area contributed by atoms with Crippen LogP contribution in [0, 0.1) is 0 Å². The van der Waals surface area contributed by atoms with E-state index in [0.717, 1.165) is 5.56 Å². The molecule has 12 nitrogen and oxygen atoms in total. The average Bonchev–Trinajstić information content (AvgIpc) is 2.83. The summed E-state index contributed by atoms with van der Waals surface area (Å²) in [6.45, 7) is 1.67. The number of rotatable bonds is 16.